The first-order chi connectivity index (χ1) is 8.10. The van der Waals surface area contributed by atoms with Gasteiger partial charge < -0.3 is 4.90 Å². The van der Waals surface area contributed by atoms with E-state index in [1.54, 1.807) is 0 Å². The minimum atomic E-state index is -0.507. The number of rotatable bonds is 4. The van der Waals surface area contributed by atoms with Crippen molar-refractivity contribution in [2.45, 2.75) is 6.92 Å². The molecule has 0 fully saturated rings. The Morgan fingerprint density at radius 1 is 1.47 bits per heavy atom. The number of carbonyl (C=O) groups is 1. The Labute approximate surface area is 99.2 Å². The second-order valence-corrected chi connectivity index (χ2v) is 3.33. The Bertz CT molecular complexity index is 460. The molecule has 0 atom stereocenters. The Hall–Kier alpha value is -2.35. The van der Waals surface area contributed by atoms with Crippen LogP contribution < -0.4 is 0 Å². The molecule has 0 heterocycles. The van der Waals surface area contributed by atoms with Crippen LogP contribution in [-0.4, -0.2) is 28.8 Å². The Kier molecular flexibility index (Phi) is 4.23. The average molecular weight is 232 g/mol. The summed E-state index contributed by atoms with van der Waals surface area (Å²) >= 11 is 0. The predicted octanol–water partition coefficient (Wildman–Crippen LogP) is 1.69. The molecule has 5 nitrogen and oxygen atoms in total. The van der Waals surface area contributed by atoms with Crippen LogP contribution in [0.3, 0.4) is 0 Å². The van der Waals surface area contributed by atoms with Crippen LogP contribution >= 0.6 is 0 Å². The molecule has 1 rings (SSSR count). The van der Waals surface area contributed by atoms with Gasteiger partial charge in [-0.25, -0.2) is 0 Å². The number of non-ortho nitro benzene ring substituents is 1. The van der Waals surface area contributed by atoms with Crippen LogP contribution in [0.2, 0.25) is 0 Å². The molecule has 88 valence electrons. The molecule has 0 saturated heterocycles. The van der Waals surface area contributed by atoms with E-state index in [1.807, 2.05) is 6.92 Å². The first kappa shape index (κ1) is 12.7. The van der Waals surface area contributed by atoms with Crippen LogP contribution in [-0.2, 0) is 0 Å². The lowest BCUT2D eigenvalue weighted by molar-refractivity contribution is -0.384. The fraction of sp³-hybridized carbons (Fsp3) is 0.250. The largest absolute Gasteiger partial charge is 0.328 e. The maximum atomic E-state index is 11.9. The summed E-state index contributed by atoms with van der Waals surface area (Å²) in [5, 5.41) is 10.5. The molecule has 1 amide bonds. The molecule has 17 heavy (non-hydrogen) atoms. The molecule has 0 aliphatic heterocycles. The van der Waals surface area contributed by atoms with Crippen LogP contribution in [0.1, 0.15) is 17.3 Å². The highest BCUT2D eigenvalue weighted by molar-refractivity contribution is 5.94. The molecular weight excluding hydrogens is 220 g/mol. The summed E-state index contributed by atoms with van der Waals surface area (Å²) < 4.78 is 0. The zero-order valence-electron chi connectivity index (χ0n) is 9.42. The third kappa shape index (κ3) is 3.05. The number of benzene rings is 1. The number of terminal acetylenes is 1. The van der Waals surface area contributed by atoms with Crippen LogP contribution in [0.25, 0.3) is 0 Å². The molecule has 0 unspecified atom stereocenters. The second-order valence-electron chi connectivity index (χ2n) is 3.33. The van der Waals surface area contributed by atoms with E-state index in [9.17, 15) is 14.9 Å². The van der Waals surface area contributed by atoms with Crippen LogP contribution in [0.15, 0.2) is 24.3 Å². The molecular formula is C12H12N2O3. The molecule has 0 N–H and O–H groups in total. The van der Waals surface area contributed by atoms with Gasteiger partial charge in [-0.1, -0.05) is 5.92 Å². The Morgan fingerprint density at radius 3 is 2.47 bits per heavy atom. The van der Waals surface area contributed by atoms with E-state index in [4.69, 9.17) is 6.42 Å². The normalized spacial score (nSPS) is 9.41. The van der Waals surface area contributed by atoms with Crippen LogP contribution in [0.5, 0.6) is 0 Å². The van der Waals surface area contributed by atoms with Gasteiger partial charge in [0, 0.05) is 24.2 Å². The van der Waals surface area contributed by atoms with Gasteiger partial charge in [0.25, 0.3) is 11.6 Å². The van der Waals surface area contributed by atoms with Crippen LogP contribution in [0, 0.1) is 22.5 Å². The zero-order valence-corrected chi connectivity index (χ0v) is 9.42. The van der Waals surface area contributed by atoms with Gasteiger partial charge in [0.1, 0.15) is 0 Å². The summed E-state index contributed by atoms with van der Waals surface area (Å²) in [6.07, 6.45) is 5.15. The molecule has 0 aromatic heterocycles. The number of hydrogen-bond acceptors (Lipinski definition) is 3. The first-order valence-electron chi connectivity index (χ1n) is 5.07. The quantitative estimate of drug-likeness (QED) is 0.451. The fourth-order valence-corrected chi connectivity index (χ4v) is 1.35. The van der Waals surface area contributed by atoms with Gasteiger partial charge in [0.05, 0.1) is 11.5 Å². The van der Waals surface area contributed by atoms with E-state index >= 15 is 0 Å². The summed E-state index contributed by atoms with van der Waals surface area (Å²) in [4.78, 5) is 23.3. The lowest BCUT2D eigenvalue weighted by Crippen LogP contribution is -2.31. The van der Waals surface area contributed by atoms with Crippen LogP contribution in [0.4, 0.5) is 5.69 Å². The fourth-order valence-electron chi connectivity index (χ4n) is 1.35. The Balaban J connectivity index is 2.89. The molecule has 5 heteroatoms. The number of carbonyl (C=O) groups excluding carboxylic acids is 1. The first-order valence-corrected chi connectivity index (χ1v) is 5.07. The molecule has 1 aromatic carbocycles. The van der Waals surface area contributed by atoms with Gasteiger partial charge in [-0.05, 0) is 19.1 Å². The number of hydrogen-bond donors (Lipinski definition) is 0. The minimum Gasteiger partial charge on any atom is -0.328 e. The topological polar surface area (TPSA) is 63.5 Å². The third-order valence-corrected chi connectivity index (χ3v) is 2.28. The van der Waals surface area contributed by atoms with E-state index in [0.717, 1.165) is 0 Å². The number of nitro groups is 1. The maximum absolute atomic E-state index is 11.9. The van der Waals surface area contributed by atoms with Crippen molar-refractivity contribution in [2.24, 2.45) is 0 Å². The highest BCUT2D eigenvalue weighted by atomic mass is 16.6. The van der Waals surface area contributed by atoms with Gasteiger partial charge in [-0.2, -0.15) is 0 Å². The van der Waals surface area contributed by atoms with E-state index < -0.39 is 4.92 Å². The van der Waals surface area contributed by atoms with Crippen molar-refractivity contribution in [1.82, 2.24) is 4.90 Å². The maximum Gasteiger partial charge on any atom is 0.269 e. The van der Waals surface area contributed by atoms with Crippen molar-refractivity contribution in [2.75, 3.05) is 13.1 Å². The lowest BCUT2D eigenvalue weighted by Gasteiger charge is -2.17. The third-order valence-electron chi connectivity index (χ3n) is 2.28. The highest BCUT2D eigenvalue weighted by Crippen LogP contribution is 2.13. The second kappa shape index (κ2) is 5.66. The number of amides is 1. The van der Waals surface area contributed by atoms with Gasteiger partial charge in [0.15, 0.2) is 0 Å². The van der Waals surface area contributed by atoms with E-state index in [1.165, 1.54) is 29.2 Å². The summed E-state index contributed by atoms with van der Waals surface area (Å²) in [6, 6.07) is 5.47. The monoisotopic (exact) mass is 232 g/mol. The van der Waals surface area contributed by atoms with Gasteiger partial charge in [-0.15, -0.1) is 6.42 Å². The predicted molar refractivity (Wildman–Crippen MR) is 63.5 cm³/mol. The SMILES string of the molecule is C#CCN(CC)C(=O)c1ccc([N+](=O)[O-])cc1. The minimum absolute atomic E-state index is 0.0402. The van der Waals surface area contributed by atoms with Crippen molar-refractivity contribution >= 4 is 11.6 Å². The van der Waals surface area contributed by atoms with Crippen molar-refractivity contribution in [3.63, 3.8) is 0 Å². The highest BCUT2D eigenvalue weighted by Gasteiger charge is 2.14. The van der Waals surface area contributed by atoms with Crippen molar-refractivity contribution in [1.29, 1.82) is 0 Å². The molecule has 0 aliphatic carbocycles. The van der Waals surface area contributed by atoms with E-state index in [-0.39, 0.29) is 18.1 Å². The molecule has 0 saturated carbocycles. The van der Waals surface area contributed by atoms with E-state index in [2.05, 4.69) is 5.92 Å². The molecule has 0 radical (unpaired) electrons. The smallest absolute Gasteiger partial charge is 0.269 e. The van der Waals surface area contributed by atoms with Gasteiger partial charge >= 0.3 is 0 Å². The summed E-state index contributed by atoms with van der Waals surface area (Å²) in [7, 11) is 0. The van der Waals surface area contributed by atoms with Crippen molar-refractivity contribution in [3.05, 3.63) is 39.9 Å². The van der Waals surface area contributed by atoms with Crippen molar-refractivity contribution in [3.8, 4) is 12.3 Å². The summed E-state index contributed by atoms with van der Waals surface area (Å²) in [5.74, 6) is 2.17. The molecule has 0 aliphatic rings. The molecule has 0 spiro atoms. The summed E-state index contributed by atoms with van der Waals surface area (Å²) in [5.41, 5.74) is 0.356. The van der Waals surface area contributed by atoms with E-state index in [0.29, 0.717) is 12.1 Å². The zero-order chi connectivity index (χ0) is 12.8. The molecule has 1 aromatic rings. The summed E-state index contributed by atoms with van der Waals surface area (Å²) in [6.45, 7) is 2.55. The van der Waals surface area contributed by atoms with Gasteiger partial charge in [-0.3, -0.25) is 14.9 Å². The van der Waals surface area contributed by atoms with Crippen molar-refractivity contribution < 1.29 is 9.72 Å². The number of nitrogens with zero attached hydrogens (tertiary/aromatic N) is 2. The number of nitro benzene ring substituents is 1. The molecule has 0 bridgehead atoms. The van der Waals surface area contributed by atoms with Gasteiger partial charge in [0.2, 0.25) is 0 Å². The average Bonchev–Trinajstić information content (AvgIpc) is 2.35. The standard InChI is InChI=1S/C12H12N2O3/c1-3-9-13(4-2)12(15)10-5-7-11(8-6-10)14(16)17/h1,5-8H,4,9H2,2H3. The Morgan fingerprint density at radius 2 is 2.06 bits per heavy atom. The lowest BCUT2D eigenvalue weighted by atomic mass is 10.2.